The number of methoxy groups -OCH3 is 1. The van der Waals surface area contributed by atoms with Crippen LogP contribution >= 0.6 is 0 Å². The quantitative estimate of drug-likeness (QED) is 0.814. The van der Waals surface area contributed by atoms with E-state index in [2.05, 4.69) is 15.6 Å². The topological polar surface area (TPSA) is 63.2 Å². The van der Waals surface area contributed by atoms with Crippen molar-refractivity contribution in [1.82, 2.24) is 15.6 Å². The highest BCUT2D eigenvalue weighted by atomic mass is 16.5. The molecule has 0 aliphatic heterocycles. The zero-order valence-electron chi connectivity index (χ0n) is 12.3. The SMILES string of the molecule is CCNC(=O)C(C)NCc1ncc(C)c(OC)c1C. The van der Waals surface area contributed by atoms with Crippen molar-refractivity contribution in [2.45, 2.75) is 40.3 Å². The van der Waals surface area contributed by atoms with Gasteiger partial charge in [-0.05, 0) is 27.7 Å². The summed E-state index contributed by atoms with van der Waals surface area (Å²) in [6.07, 6.45) is 1.79. The molecule has 1 atom stereocenters. The van der Waals surface area contributed by atoms with Gasteiger partial charge in [-0.1, -0.05) is 0 Å². The Hall–Kier alpha value is -1.62. The normalized spacial score (nSPS) is 12.1. The second kappa shape index (κ2) is 7.09. The fraction of sp³-hybridized carbons (Fsp3) is 0.571. The van der Waals surface area contributed by atoms with Crippen LogP contribution in [0, 0.1) is 13.8 Å². The number of aromatic nitrogens is 1. The minimum atomic E-state index is -0.242. The van der Waals surface area contributed by atoms with Crippen LogP contribution in [0.3, 0.4) is 0 Å². The molecule has 0 radical (unpaired) electrons. The van der Waals surface area contributed by atoms with Crippen molar-refractivity contribution in [3.63, 3.8) is 0 Å². The number of carbonyl (C=O) groups excluding carboxylic acids is 1. The van der Waals surface area contributed by atoms with Gasteiger partial charge in [0, 0.05) is 30.4 Å². The van der Waals surface area contributed by atoms with Crippen molar-refractivity contribution in [3.8, 4) is 5.75 Å². The van der Waals surface area contributed by atoms with Crippen molar-refractivity contribution in [2.75, 3.05) is 13.7 Å². The molecule has 0 aliphatic rings. The Labute approximate surface area is 114 Å². The number of amides is 1. The summed E-state index contributed by atoms with van der Waals surface area (Å²) in [5.74, 6) is 0.858. The van der Waals surface area contributed by atoms with Gasteiger partial charge in [-0.25, -0.2) is 0 Å². The zero-order chi connectivity index (χ0) is 14.4. The third kappa shape index (κ3) is 3.92. The first-order valence-corrected chi connectivity index (χ1v) is 6.51. The van der Waals surface area contributed by atoms with Gasteiger partial charge < -0.3 is 15.4 Å². The van der Waals surface area contributed by atoms with Crippen LogP contribution in [-0.4, -0.2) is 30.6 Å². The Morgan fingerprint density at radius 3 is 2.74 bits per heavy atom. The van der Waals surface area contributed by atoms with E-state index in [1.54, 1.807) is 13.3 Å². The van der Waals surface area contributed by atoms with E-state index in [1.807, 2.05) is 27.7 Å². The van der Waals surface area contributed by atoms with E-state index in [9.17, 15) is 4.79 Å². The molecule has 1 amide bonds. The number of carbonyl (C=O) groups is 1. The van der Waals surface area contributed by atoms with Crippen LogP contribution in [0.25, 0.3) is 0 Å². The first kappa shape index (κ1) is 15.4. The molecular weight excluding hydrogens is 242 g/mol. The Kier molecular flexibility index (Phi) is 5.76. The number of likely N-dealkylation sites (N-methyl/N-ethyl adjacent to an activating group) is 1. The number of pyridine rings is 1. The van der Waals surface area contributed by atoms with Crippen LogP contribution in [-0.2, 0) is 11.3 Å². The Bertz CT molecular complexity index is 447. The van der Waals surface area contributed by atoms with E-state index in [0.29, 0.717) is 13.1 Å². The summed E-state index contributed by atoms with van der Waals surface area (Å²) in [5, 5.41) is 5.95. The highest BCUT2D eigenvalue weighted by molar-refractivity contribution is 5.81. The van der Waals surface area contributed by atoms with E-state index in [0.717, 1.165) is 22.6 Å². The van der Waals surface area contributed by atoms with E-state index in [-0.39, 0.29) is 11.9 Å². The summed E-state index contributed by atoms with van der Waals surface area (Å²) >= 11 is 0. The van der Waals surface area contributed by atoms with E-state index < -0.39 is 0 Å². The van der Waals surface area contributed by atoms with Gasteiger partial charge in [0.25, 0.3) is 0 Å². The first-order chi connectivity index (χ1) is 9.01. The van der Waals surface area contributed by atoms with Crippen LogP contribution < -0.4 is 15.4 Å². The third-order valence-electron chi connectivity index (χ3n) is 3.07. The summed E-state index contributed by atoms with van der Waals surface area (Å²) in [5.41, 5.74) is 2.93. The molecule has 0 saturated carbocycles. The third-order valence-corrected chi connectivity index (χ3v) is 3.07. The Morgan fingerprint density at radius 1 is 1.47 bits per heavy atom. The van der Waals surface area contributed by atoms with Gasteiger partial charge in [0.15, 0.2) is 0 Å². The number of rotatable bonds is 6. The van der Waals surface area contributed by atoms with E-state index in [4.69, 9.17) is 4.74 Å². The molecule has 106 valence electrons. The number of nitrogens with zero attached hydrogens (tertiary/aromatic N) is 1. The summed E-state index contributed by atoms with van der Waals surface area (Å²) in [6.45, 7) is 8.87. The van der Waals surface area contributed by atoms with Gasteiger partial charge in [0.2, 0.25) is 5.91 Å². The van der Waals surface area contributed by atoms with Crippen molar-refractivity contribution in [1.29, 1.82) is 0 Å². The molecule has 0 saturated heterocycles. The molecule has 1 heterocycles. The molecule has 1 aromatic heterocycles. The molecule has 1 aromatic rings. The standard InChI is InChI=1S/C14H23N3O2/c1-6-15-14(18)11(4)16-8-12-10(3)13(19-5)9(2)7-17-12/h7,11,16H,6,8H2,1-5H3,(H,15,18). The predicted octanol–water partition coefficient (Wildman–Crippen LogP) is 1.32. The summed E-state index contributed by atoms with van der Waals surface area (Å²) < 4.78 is 5.36. The molecule has 1 rings (SSSR count). The minimum absolute atomic E-state index is 0.000713. The van der Waals surface area contributed by atoms with Gasteiger partial charge in [0.05, 0.1) is 18.8 Å². The largest absolute Gasteiger partial charge is 0.496 e. The summed E-state index contributed by atoms with van der Waals surface area (Å²) in [4.78, 5) is 16.0. The average molecular weight is 265 g/mol. The Morgan fingerprint density at radius 2 is 2.16 bits per heavy atom. The van der Waals surface area contributed by atoms with Crippen LogP contribution in [0.15, 0.2) is 6.20 Å². The molecule has 19 heavy (non-hydrogen) atoms. The number of hydrogen-bond donors (Lipinski definition) is 2. The highest BCUT2D eigenvalue weighted by Crippen LogP contribution is 2.23. The van der Waals surface area contributed by atoms with Crippen molar-refractivity contribution in [3.05, 3.63) is 23.0 Å². The van der Waals surface area contributed by atoms with E-state index >= 15 is 0 Å². The number of ether oxygens (including phenoxy) is 1. The minimum Gasteiger partial charge on any atom is -0.496 e. The van der Waals surface area contributed by atoms with Gasteiger partial charge in [-0.3, -0.25) is 9.78 Å². The molecule has 0 bridgehead atoms. The van der Waals surface area contributed by atoms with Crippen molar-refractivity contribution in [2.24, 2.45) is 0 Å². The Balaban J connectivity index is 2.71. The molecule has 2 N–H and O–H groups in total. The monoisotopic (exact) mass is 265 g/mol. The lowest BCUT2D eigenvalue weighted by Crippen LogP contribution is -2.41. The van der Waals surface area contributed by atoms with Gasteiger partial charge in [0.1, 0.15) is 5.75 Å². The maximum Gasteiger partial charge on any atom is 0.236 e. The molecule has 0 fully saturated rings. The lowest BCUT2D eigenvalue weighted by Gasteiger charge is -2.16. The van der Waals surface area contributed by atoms with Crippen LogP contribution in [0.2, 0.25) is 0 Å². The smallest absolute Gasteiger partial charge is 0.236 e. The maximum atomic E-state index is 11.6. The lowest BCUT2D eigenvalue weighted by molar-refractivity contribution is -0.122. The molecule has 0 aliphatic carbocycles. The highest BCUT2D eigenvalue weighted by Gasteiger charge is 2.13. The van der Waals surface area contributed by atoms with E-state index in [1.165, 1.54) is 0 Å². The van der Waals surface area contributed by atoms with Gasteiger partial charge in [-0.15, -0.1) is 0 Å². The van der Waals surface area contributed by atoms with Crippen molar-refractivity contribution >= 4 is 5.91 Å². The van der Waals surface area contributed by atoms with Crippen LogP contribution in [0.4, 0.5) is 0 Å². The van der Waals surface area contributed by atoms with Gasteiger partial charge >= 0.3 is 0 Å². The predicted molar refractivity (Wildman–Crippen MR) is 75.2 cm³/mol. The fourth-order valence-corrected chi connectivity index (χ4v) is 1.92. The second-order valence-electron chi connectivity index (χ2n) is 4.54. The lowest BCUT2D eigenvalue weighted by atomic mass is 10.1. The average Bonchev–Trinajstić information content (AvgIpc) is 2.38. The molecule has 5 nitrogen and oxygen atoms in total. The fourth-order valence-electron chi connectivity index (χ4n) is 1.92. The second-order valence-corrected chi connectivity index (χ2v) is 4.54. The van der Waals surface area contributed by atoms with Crippen LogP contribution in [0.1, 0.15) is 30.7 Å². The van der Waals surface area contributed by atoms with Crippen LogP contribution in [0.5, 0.6) is 5.75 Å². The molecular formula is C14H23N3O2. The molecule has 0 spiro atoms. The van der Waals surface area contributed by atoms with Crippen molar-refractivity contribution < 1.29 is 9.53 Å². The number of aryl methyl sites for hydroxylation is 1. The molecule has 1 unspecified atom stereocenters. The summed E-state index contributed by atoms with van der Waals surface area (Å²) in [7, 11) is 1.66. The summed E-state index contributed by atoms with van der Waals surface area (Å²) in [6, 6.07) is -0.242. The zero-order valence-corrected chi connectivity index (χ0v) is 12.3. The number of nitrogens with one attached hydrogen (secondary N) is 2. The molecule has 0 aromatic carbocycles. The first-order valence-electron chi connectivity index (χ1n) is 6.51. The maximum absolute atomic E-state index is 11.6. The van der Waals surface area contributed by atoms with Gasteiger partial charge in [-0.2, -0.15) is 0 Å². The molecule has 5 heteroatoms. The number of hydrogen-bond acceptors (Lipinski definition) is 4.